The van der Waals surface area contributed by atoms with Crippen molar-refractivity contribution in [3.05, 3.63) is 23.7 Å². The van der Waals surface area contributed by atoms with Crippen molar-refractivity contribution >= 4 is 5.91 Å². The summed E-state index contributed by atoms with van der Waals surface area (Å²) in [6, 6.07) is 3.81. The molecule has 1 aromatic rings. The van der Waals surface area contributed by atoms with Gasteiger partial charge in [-0.3, -0.25) is 4.79 Å². The molecule has 0 unspecified atom stereocenters. The Bertz CT molecular complexity index is 541. The van der Waals surface area contributed by atoms with Crippen LogP contribution in [0.1, 0.15) is 68.2 Å². The van der Waals surface area contributed by atoms with Crippen LogP contribution in [0.2, 0.25) is 0 Å². The first kappa shape index (κ1) is 17.5. The highest BCUT2D eigenvalue weighted by molar-refractivity contribution is 5.91. The third-order valence-electron chi connectivity index (χ3n) is 5.46. The molecule has 1 saturated carbocycles. The molecule has 0 aromatic carbocycles. The maximum atomic E-state index is 12.2. The molecular weight excluding hydrogens is 304 g/mol. The summed E-state index contributed by atoms with van der Waals surface area (Å²) in [5.74, 6) is 1.14. The lowest BCUT2D eigenvalue weighted by Gasteiger charge is -2.40. The van der Waals surface area contributed by atoms with Crippen molar-refractivity contribution in [2.24, 2.45) is 0 Å². The van der Waals surface area contributed by atoms with Crippen LogP contribution < -0.4 is 5.32 Å². The summed E-state index contributed by atoms with van der Waals surface area (Å²) in [6.07, 6.45) is 8.07. The largest absolute Gasteiger partial charge is 0.456 e. The van der Waals surface area contributed by atoms with Gasteiger partial charge in [-0.1, -0.05) is 26.2 Å². The number of nitrogens with zero attached hydrogens (tertiary/aromatic N) is 1. The number of amides is 1. The Hall–Kier alpha value is -1.33. The Labute approximate surface area is 144 Å². The molecule has 2 aliphatic rings. The van der Waals surface area contributed by atoms with Crippen molar-refractivity contribution in [2.45, 2.75) is 69.9 Å². The lowest BCUT2D eigenvalue weighted by atomic mass is 9.84. The number of nitrogens with one attached hydrogen (secondary N) is 1. The second-order valence-corrected chi connectivity index (χ2v) is 7.43. The van der Waals surface area contributed by atoms with Crippen LogP contribution in [0.4, 0.5) is 0 Å². The molecule has 134 valence electrons. The molecule has 1 aromatic heterocycles. The minimum atomic E-state index is -0.487. The third-order valence-corrected chi connectivity index (χ3v) is 5.46. The van der Waals surface area contributed by atoms with Crippen molar-refractivity contribution in [3.63, 3.8) is 0 Å². The van der Waals surface area contributed by atoms with Crippen LogP contribution >= 0.6 is 0 Å². The van der Waals surface area contributed by atoms with Crippen molar-refractivity contribution < 1.29 is 14.3 Å². The fourth-order valence-electron chi connectivity index (χ4n) is 3.97. The maximum Gasteiger partial charge on any atom is 0.287 e. The fraction of sp³-hybridized carbons (Fsp3) is 0.737. The van der Waals surface area contributed by atoms with Gasteiger partial charge in [0.15, 0.2) is 5.76 Å². The van der Waals surface area contributed by atoms with E-state index in [1.807, 2.05) is 13.0 Å². The molecule has 0 bridgehead atoms. The quantitative estimate of drug-likeness (QED) is 0.869. The predicted molar refractivity (Wildman–Crippen MR) is 93.0 cm³/mol. The Morgan fingerprint density at radius 3 is 2.62 bits per heavy atom. The van der Waals surface area contributed by atoms with Gasteiger partial charge in [0.25, 0.3) is 5.91 Å². The third kappa shape index (κ3) is 4.39. The molecule has 1 aliphatic carbocycles. The summed E-state index contributed by atoms with van der Waals surface area (Å²) in [6.45, 7) is 4.67. The number of likely N-dealkylation sites (tertiary alicyclic amines) is 1. The average Bonchev–Trinajstić information content (AvgIpc) is 3.06. The minimum Gasteiger partial charge on any atom is -0.456 e. The number of aliphatic hydroxyl groups is 1. The highest BCUT2D eigenvalue weighted by Gasteiger charge is 2.33. The van der Waals surface area contributed by atoms with Gasteiger partial charge in [0.2, 0.25) is 0 Å². The van der Waals surface area contributed by atoms with Gasteiger partial charge in [0.05, 0.1) is 5.60 Å². The van der Waals surface area contributed by atoms with E-state index in [1.165, 1.54) is 6.42 Å². The molecule has 5 nitrogen and oxygen atoms in total. The van der Waals surface area contributed by atoms with Crippen LogP contribution in [-0.4, -0.2) is 47.2 Å². The number of piperidine rings is 1. The molecule has 5 heteroatoms. The van der Waals surface area contributed by atoms with Gasteiger partial charge in [-0.2, -0.15) is 0 Å². The number of rotatable bonds is 5. The minimum absolute atomic E-state index is 0.112. The van der Waals surface area contributed by atoms with Crippen LogP contribution in [0.15, 0.2) is 16.5 Å². The normalized spacial score (nSPS) is 22.4. The number of hydrogen-bond donors (Lipinski definition) is 2. The predicted octanol–water partition coefficient (Wildman–Crippen LogP) is 2.73. The van der Waals surface area contributed by atoms with E-state index in [9.17, 15) is 9.90 Å². The van der Waals surface area contributed by atoms with E-state index >= 15 is 0 Å². The SMILES string of the molecule is CCc1ccc(C(=O)NC2CCN(CC3(O)CCCCC3)CC2)o1. The topological polar surface area (TPSA) is 65.7 Å². The summed E-state index contributed by atoms with van der Waals surface area (Å²) in [4.78, 5) is 14.6. The summed E-state index contributed by atoms with van der Waals surface area (Å²) in [7, 11) is 0. The lowest BCUT2D eigenvalue weighted by molar-refractivity contribution is -0.0312. The van der Waals surface area contributed by atoms with Gasteiger partial charge >= 0.3 is 0 Å². The van der Waals surface area contributed by atoms with E-state index in [4.69, 9.17) is 4.42 Å². The van der Waals surface area contributed by atoms with Gasteiger partial charge in [-0.25, -0.2) is 0 Å². The Morgan fingerprint density at radius 2 is 2.00 bits per heavy atom. The van der Waals surface area contributed by atoms with E-state index in [2.05, 4.69) is 10.2 Å². The summed E-state index contributed by atoms with van der Waals surface area (Å²) in [5, 5.41) is 13.8. The molecule has 0 radical (unpaired) electrons. The monoisotopic (exact) mass is 334 g/mol. The molecule has 1 aliphatic heterocycles. The van der Waals surface area contributed by atoms with E-state index in [0.717, 1.165) is 70.3 Å². The van der Waals surface area contributed by atoms with Gasteiger partial charge < -0.3 is 19.7 Å². The van der Waals surface area contributed by atoms with Crippen LogP contribution in [0.25, 0.3) is 0 Å². The van der Waals surface area contributed by atoms with Gasteiger partial charge in [0.1, 0.15) is 5.76 Å². The zero-order valence-corrected chi connectivity index (χ0v) is 14.7. The second-order valence-electron chi connectivity index (χ2n) is 7.43. The maximum absolute atomic E-state index is 12.2. The number of β-amino-alcohol motifs (C(OH)–C–C–N with tert-alkyl or cyclic N) is 1. The first-order valence-electron chi connectivity index (χ1n) is 9.42. The molecule has 24 heavy (non-hydrogen) atoms. The van der Waals surface area contributed by atoms with Gasteiger partial charge in [-0.05, 0) is 37.8 Å². The van der Waals surface area contributed by atoms with E-state index in [1.54, 1.807) is 6.07 Å². The zero-order chi connectivity index (χ0) is 17.0. The first-order valence-corrected chi connectivity index (χ1v) is 9.42. The fourth-order valence-corrected chi connectivity index (χ4v) is 3.97. The Kier molecular flexibility index (Phi) is 5.61. The lowest BCUT2D eigenvalue weighted by Crippen LogP contribution is -2.50. The average molecular weight is 334 g/mol. The van der Waals surface area contributed by atoms with E-state index in [0.29, 0.717) is 5.76 Å². The number of aryl methyl sites for hydroxylation is 1. The molecule has 0 atom stereocenters. The van der Waals surface area contributed by atoms with Gasteiger partial charge in [0, 0.05) is 32.1 Å². The Balaban J connectivity index is 1.44. The van der Waals surface area contributed by atoms with Crippen LogP contribution in [0.3, 0.4) is 0 Å². The number of hydrogen-bond acceptors (Lipinski definition) is 4. The van der Waals surface area contributed by atoms with E-state index in [-0.39, 0.29) is 11.9 Å². The molecule has 2 N–H and O–H groups in total. The van der Waals surface area contributed by atoms with Crippen LogP contribution in [0, 0.1) is 0 Å². The zero-order valence-electron chi connectivity index (χ0n) is 14.7. The second kappa shape index (κ2) is 7.70. The van der Waals surface area contributed by atoms with E-state index < -0.39 is 5.60 Å². The highest BCUT2D eigenvalue weighted by Crippen LogP contribution is 2.29. The summed E-state index contributed by atoms with van der Waals surface area (Å²) < 4.78 is 5.52. The number of carbonyl (C=O) groups is 1. The standard InChI is InChI=1S/C19H30N2O3/c1-2-16-6-7-17(24-16)18(22)20-15-8-12-21(13-9-15)14-19(23)10-4-3-5-11-19/h6-7,15,23H,2-5,8-14H2,1H3,(H,20,22). The Morgan fingerprint density at radius 1 is 1.29 bits per heavy atom. The van der Waals surface area contributed by atoms with Crippen LogP contribution in [-0.2, 0) is 6.42 Å². The van der Waals surface area contributed by atoms with Crippen molar-refractivity contribution in [3.8, 4) is 0 Å². The smallest absolute Gasteiger partial charge is 0.287 e. The summed E-state index contributed by atoms with van der Waals surface area (Å²) in [5.41, 5.74) is -0.487. The molecular formula is C19H30N2O3. The van der Waals surface area contributed by atoms with Crippen molar-refractivity contribution in [1.29, 1.82) is 0 Å². The highest BCUT2D eigenvalue weighted by atomic mass is 16.3. The summed E-state index contributed by atoms with van der Waals surface area (Å²) >= 11 is 0. The van der Waals surface area contributed by atoms with Gasteiger partial charge in [-0.15, -0.1) is 0 Å². The number of carbonyl (C=O) groups excluding carboxylic acids is 1. The molecule has 3 rings (SSSR count). The molecule has 0 spiro atoms. The molecule has 1 saturated heterocycles. The molecule has 2 heterocycles. The van der Waals surface area contributed by atoms with Crippen molar-refractivity contribution in [2.75, 3.05) is 19.6 Å². The number of furan rings is 1. The molecule has 2 fully saturated rings. The van der Waals surface area contributed by atoms with Crippen molar-refractivity contribution in [1.82, 2.24) is 10.2 Å². The van der Waals surface area contributed by atoms with Crippen LogP contribution in [0.5, 0.6) is 0 Å². The first-order chi connectivity index (χ1) is 11.6. The molecule has 1 amide bonds.